The Kier molecular flexibility index (Phi) is 3.83. The van der Waals surface area contributed by atoms with E-state index in [0.717, 1.165) is 12.5 Å². The van der Waals surface area contributed by atoms with Crippen LogP contribution in [0.15, 0.2) is 4.99 Å². The zero-order valence-electron chi connectivity index (χ0n) is 10.8. The molecule has 2 aliphatic rings. The van der Waals surface area contributed by atoms with Gasteiger partial charge in [-0.25, -0.2) is 0 Å². The zero-order valence-corrected chi connectivity index (χ0v) is 11.6. The zero-order chi connectivity index (χ0) is 11.6. The number of hydrogen-bond acceptors (Lipinski definition) is 3. The molecule has 2 rings (SSSR count). The van der Waals surface area contributed by atoms with Crippen molar-refractivity contribution in [2.45, 2.75) is 63.7 Å². The molecule has 0 aromatic heterocycles. The van der Waals surface area contributed by atoms with Crippen LogP contribution < -0.4 is 5.32 Å². The largest absolute Gasteiger partial charge is 0.360 e. The van der Waals surface area contributed by atoms with Gasteiger partial charge in [-0.2, -0.15) is 0 Å². The highest BCUT2D eigenvalue weighted by atomic mass is 32.2. The van der Waals surface area contributed by atoms with E-state index >= 15 is 0 Å². The van der Waals surface area contributed by atoms with Crippen molar-refractivity contribution < 1.29 is 0 Å². The Balaban J connectivity index is 1.80. The highest BCUT2D eigenvalue weighted by Gasteiger charge is 2.31. The monoisotopic (exact) mass is 240 g/mol. The van der Waals surface area contributed by atoms with Crippen LogP contribution in [0.25, 0.3) is 0 Å². The van der Waals surface area contributed by atoms with E-state index in [9.17, 15) is 0 Å². The van der Waals surface area contributed by atoms with Crippen LogP contribution in [0.4, 0.5) is 0 Å². The van der Waals surface area contributed by atoms with Crippen molar-refractivity contribution in [1.82, 2.24) is 5.32 Å². The summed E-state index contributed by atoms with van der Waals surface area (Å²) in [5.74, 6) is 0.786. The molecule has 1 unspecified atom stereocenters. The molecule has 92 valence electrons. The predicted octanol–water partition coefficient (Wildman–Crippen LogP) is 3.43. The Morgan fingerprint density at radius 1 is 1.44 bits per heavy atom. The van der Waals surface area contributed by atoms with Crippen molar-refractivity contribution in [1.29, 1.82) is 0 Å². The molecule has 0 radical (unpaired) electrons. The Bertz CT molecular complexity index is 267. The highest BCUT2D eigenvalue weighted by Crippen LogP contribution is 2.32. The highest BCUT2D eigenvalue weighted by molar-refractivity contribution is 8.14. The first kappa shape index (κ1) is 12.3. The summed E-state index contributed by atoms with van der Waals surface area (Å²) in [6, 6.07) is 0. The van der Waals surface area contributed by atoms with Gasteiger partial charge in [0.1, 0.15) is 0 Å². The minimum atomic E-state index is 0.332. The Hall–Kier alpha value is -0.180. The molecule has 1 aliphatic carbocycles. The molecular weight excluding hydrogens is 216 g/mol. The van der Waals surface area contributed by atoms with Crippen molar-refractivity contribution >= 4 is 16.9 Å². The molecule has 0 amide bonds. The minimum absolute atomic E-state index is 0.332. The lowest BCUT2D eigenvalue weighted by Crippen LogP contribution is -2.42. The summed E-state index contributed by atoms with van der Waals surface area (Å²) in [5, 5.41) is 5.59. The number of thioether (sulfide) groups is 1. The minimum Gasteiger partial charge on any atom is -0.360 e. The van der Waals surface area contributed by atoms with Gasteiger partial charge in [0.2, 0.25) is 0 Å². The van der Waals surface area contributed by atoms with Crippen molar-refractivity contribution in [3.63, 3.8) is 0 Å². The van der Waals surface area contributed by atoms with E-state index in [0.29, 0.717) is 10.8 Å². The molecule has 0 aromatic carbocycles. The lowest BCUT2D eigenvalue weighted by molar-refractivity contribution is 0.434. The predicted molar refractivity (Wildman–Crippen MR) is 73.1 cm³/mol. The summed E-state index contributed by atoms with van der Waals surface area (Å²) in [5.41, 5.74) is 0.332. The van der Waals surface area contributed by atoms with Gasteiger partial charge in [0.05, 0.1) is 6.54 Å². The second-order valence-corrected chi connectivity index (χ2v) is 7.20. The SMILES string of the molecule is CC(C)CC1CN=C(NC2(C)CCCC2)S1. The third kappa shape index (κ3) is 3.16. The van der Waals surface area contributed by atoms with Crippen LogP contribution in [0, 0.1) is 5.92 Å². The molecule has 0 aromatic rings. The molecule has 0 spiro atoms. The maximum absolute atomic E-state index is 4.65. The van der Waals surface area contributed by atoms with Crippen molar-refractivity contribution in [2.24, 2.45) is 10.9 Å². The fraction of sp³-hybridized carbons (Fsp3) is 0.923. The van der Waals surface area contributed by atoms with Gasteiger partial charge in [-0.15, -0.1) is 0 Å². The average Bonchev–Trinajstić information content (AvgIpc) is 2.75. The summed E-state index contributed by atoms with van der Waals surface area (Å²) in [7, 11) is 0. The number of aliphatic imine (C=N–C) groups is 1. The smallest absolute Gasteiger partial charge is 0.157 e. The normalized spacial score (nSPS) is 28.5. The molecule has 1 heterocycles. The second-order valence-electron chi connectivity index (χ2n) is 5.91. The van der Waals surface area contributed by atoms with Gasteiger partial charge < -0.3 is 5.32 Å². The van der Waals surface area contributed by atoms with Crippen molar-refractivity contribution in [3.05, 3.63) is 0 Å². The third-order valence-corrected chi connectivity index (χ3v) is 4.70. The first-order valence-corrected chi connectivity index (χ1v) is 7.45. The van der Waals surface area contributed by atoms with Crippen LogP contribution in [0.3, 0.4) is 0 Å². The van der Waals surface area contributed by atoms with Crippen molar-refractivity contribution in [2.75, 3.05) is 6.54 Å². The van der Waals surface area contributed by atoms with Gasteiger partial charge in [-0.3, -0.25) is 4.99 Å². The molecular formula is C13H24N2S. The van der Waals surface area contributed by atoms with Gasteiger partial charge in [0.25, 0.3) is 0 Å². The fourth-order valence-electron chi connectivity index (χ4n) is 2.67. The fourth-order valence-corrected chi connectivity index (χ4v) is 4.07. The van der Waals surface area contributed by atoms with Crippen LogP contribution in [0.5, 0.6) is 0 Å². The molecule has 0 bridgehead atoms. The quantitative estimate of drug-likeness (QED) is 0.817. The molecule has 1 aliphatic heterocycles. The van der Waals surface area contributed by atoms with Crippen LogP contribution in [0.1, 0.15) is 52.9 Å². The summed E-state index contributed by atoms with van der Waals surface area (Å²) < 4.78 is 0. The van der Waals surface area contributed by atoms with E-state index in [1.807, 2.05) is 11.8 Å². The van der Waals surface area contributed by atoms with E-state index in [2.05, 4.69) is 31.1 Å². The summed E-state index contributed by atoms with van der Waals surface area (Å²) in [6.45, 7) is 7.95. The lowest BCUT2D eigenvalue weighted by Gasteiger charge is -2.26. The standard InChI is InChI=1S/C13H24N2S/c1-10(2)8-11-9-14-12(16-11)15-13(3)6-4-5-7-13/h10-11H,4-9H2,1-3H3,(H,14,15). The number of nitrogens with zero attached hydrogens (tertiary/aromatic N) is 1. The van der Waals surface area contributed by atoms with E-state index in [4.69, 9.17) is 0 Å². The number of amidine groups is 1. The topological polar surface area (TPSA) is 24.4 Å². The molecule has 1 N–H and O–H groups in total. The lowest BCUT2D eigenvalue weighted by atomic mass is 10.0. The van der Waals surface area contributed by atoms with Gasteiger partial charge in [0, 0.05) is 10.8 Å². The van der Waals surface area contributed by atoms with Crippen LogP contribution >= 0.6 is 11.8 Å². The second kappa shape index (κ2) is 4.99. The molecule has 16 heavy (non-hydrogen) atoms. The Labute approximate surface area is 104 Å². The average molecular weight is 240 g/mol. The molecule has 0 saturated heterocycles. The molecule has 1 saturated carbocycles. The van der Waals surface area contributed by atoms with Gasteiger partial charge in [-0.05, 0) is 32.1 Å². The molecule has 1 atom stereocenters. The summed E-state index contributed by atoms with van der Waals surface area (Å²) >= 11 is 1.96. The van der Waals surface area contributed by atoms with Gasteiger partial charge >= 0.3 is 0 Å². The number of nitrogens with one attached hydrogen (secondary N) is 1. The van der Waals surface area contributed by atoms with Crippen LogP contribution in [-0.2, 0) is 0 Å². The van der Waals surface area contributed by atoms with Crippen LogP contribution in [-0.4, -0.2) is 22.5 Å². The van der Waals surface area contributed by atoms with Gasteiger partial charge in [-0.1, -0.05) is 38.5 Å². The summed E-state index contributed by atoms with van der Waals surface area (Å²) in [6.07, 6.45) is 6.65. The maximum atomic E-state index is 4.65. The van der Waals surface area contributed by atoms with E-state index in [-0.39, 0.29) is 0 Å². The molecule has 2 nitrogen and oxygen atoms in total. The number of rotatable bonds is 3. The van der Waals surface area contributed by atoms with E-state index in [1.54, 1.807) is 0 Å². The Morgan fingerprint density at radius 2 is 2.12 bits per heavy atom. The first-order chi connectivity index (χ1) is 7.57. The molecule has 3 heteroatoms. The van der Waals surface area contributed by atoms with Gasteiger partial charge in [0.15, 0.2) is 5.17 Å². The Morgan fingerprint density at radius 3 is 2.75 bits per heavy atom. The molecule has 1 fully saturated rings. The third-order valence-electron chi connectivity index (χ3n) is 3.57. The maximum Gasteiger partial charge on any atom is 0.157 e. The summed E-state index contributed by atoms with van der Waals surface area (Å²) in [4.78, 5) is 4.65. The number of hydrogen-bond donors (Lipinski definition) is 1. The van der Waals surface area contributed by atoms with Crippen LogP contribution in [0.2, 0.25) is 0 Å². The van der Waals surface area contributed by atoms with Crippen molar-refractivity contribution in [3.8, 4) is 0 Å². The first-order valence-electron chi connectivity index (χ1n) is 6.57. The van der Waals surface area contributed by atoms with E-state index in [1.165, 1.54) is 37.3 Å². The van der Waals surface area contributed by atoms with E-state index < -0.39 is 0 Å².